The van der Waals surface area contributed by atoms with E-state index in [4.69, 9.17) is 5.73 Å². The SMILES string of the molecule is Cc1cc(C)n(CC2(CNC(=O)c3cnc(C(N)=O)cn3)CC2)n1. The van der Waals surface area contributed by atoms with Crippen molar-refractivity contribution in [3.05, 3.63) is 41.2 Å². The van der Waals surface area contributed by atoms with Crippen LogP contribution in [-0.4, -0.2) is 38.1 Å². The third-order valence-corrected chi connectivity index (χ3v) is 4.31. The van der Waals surface area contributed by atoms with Crippen LogP contribution in [0.25, 0.3) is 0 Å². The van der Waals surface area contributed by atoms with Gasteiger partial charge in [-0.1, -0.05) is 0 Å². The molecule has 1 fully saturated rings. The highest BCUT2D eigenvalue weighted by Crippen LogP contribution is 2.46. The molecule has 8 heteroatoms. The normalized spacial score (nSPS) is 15.1. The zero-order chi connectivity index (χ0) is 17.3. The summed E-state index contributed by atoms with van der Waals surface area (Å²) in [7, 11) is 0. The van der Waals surface area contributed by atoms with E-state index in [-0.39, 0.29) is 22.7 Å². The van der Waals surface area contributed by atoms with Crippen molar-refractivity contribution in [3.63, 3.8) is 0 Å². The zero-order valence-corrected chi connectivity index (χ0v) is 13.7. The lowest BCUT2D eigenvalue weighted by Crippen LogP contribution is -2.33. The van der Waals surface area contributed by atoms with Crippen LogP contribution in [0.2, 0.25) is 0 Å². The molecule has 0 bridgehead atoms. The Balaban J connectivity index is 1.59. The second-order valence-corrected chi connectivity index (χ2v) is 6.42. The van der Waals surface area contributed by atoms with Crippen LogP contribution in [0, 0.1) is 19.3 Å². The van der Waals surface area contributed by atoms with Crippen molar-refractivity contribution in [1.29, 1.82) is 0 Å². The predicted octanol–water partition coefficient (Wildman–Crippen LogP) is 0.599. The number of nitrogens with one attached hydrogen (secondary N) is 1. The molecule has 3 rings (SSSR count). The first kappa shape index (κ1) is 16.1. The molecule has 24 heavy (non-hydrogen) atoms. The van der Waals surface area contributed by atoms with Crippen LogP contribution < -0.4 is 11.1 Å². The van der Waals surface area contributed by atoms with Crippen molar-refractivity contribution >= 4 is 11.8 Å². The first-order valence-electron chi connectivity index (χ1n) is 7.80. The van der Waals surface area contributed by atoms with E-state index >= 15 is 0 Å². The highest BCUT2D eigenvalue weighted by atomic mass is 16.2. The van der Waals surface area contributed by atoms with Crippen molar-refractivity contribution < 1.29 is 9.59 Å². The van der Waals surface area contributed by atoms with Crippen LogP contribution in [0.15, 0.2) is 18.5 Å². The fraction of sp³-hybridized carbons (Fsp3) is 0.438. The molecule has 3 N–H and O–H groups in total. The molecule has 126 valence electrons. The molecule has 2 amide bonds. The number of carbonyl (C=O) groups excluding carboxylic acids is 2. The maximum absolute atomic E-state index is 12.2. The van der Waals surface area contributed by atoms with Gasteiger partial charge in [0.05, 0.1) is 18.1 Å². The lowest BCUT2D eigenvalue weighted by atomic mass is 10.1. The molecule has 0 saturated heterocycles. The highest BCUT2D eigenvalue weighted by Gasteiger charge is 2.43. The number of rotatable bonds is 6. The molecular formula is C16H20N6O2. The smallest absolute Gasteiger partial charge is 0.271 e. The molecule has 0 spiro atoms. The van der Waals surface area contributed by atoms with Crippen molar-refractivity contribution in [1.82, 2.24) is 25.1 Å². The number of primary amides is 1. The van der Waals surface area contributed by atoms with Gasteiger partial charge in [-0.2, -0.15) is 5.10 Å². The monoisotopic (exact) mass is 328 g/mol. The topological polar surface area (TPSA) is 116 Å². The molecule has 1 saturated carbocycles. The summed E-state index contributed by atoms with van der Waals surface area (Å²) >= 11 is 0. The number of amides is 2. The number of hydrogen-bond acceptors (Lipinski definition) is 5. The second-order valence-electron chi connectivity index (χ2n) is 6.42. The molecule has 0 aliphatic heterocycles. The van der Waals surface area contributed by atoms with Crippen LogP contribution in [0.1, 0.15) is 45.2 Å². The summed E-state index contributed by atoms with van der Waals surface area (Å²) in [4.78, 5) is 30.9. The van der Waals surface area contributed by atoms with Gasteiger partial charge in [-0.05, 0) is 32.8 Å². The quantitative estimate of drug-likeness (QED) is 0.805. The Morgan fingerprint density at radius 3 is 2.42 bits per heavy atom. The first-order chi connectivity index (χ1) is 11.4. The van der Waals surface area contributed by atoms with Crippen LogP contribution in [-0.2, 0) is 6.54 Å². The minimum atomic E-state index is -0.670. The number of hydrogen-bond donors (Lipinski definition) is 2. The van der Waals surface area contributed by atoms with Gasteiger partial charge in [0, 0.05) is 24.2 Å². The van der Waals surface area contributed by atoms with Crippen molar-refractivity contribution in [2.24, 2.45) is 11.1 Å². The molecule has 2 heterocycles. The number of nitrogens with two attached hydrogens (primary N) is 1. The van der Waals surface area contributed by atoms with Gasteiger partial charge in [-0.15, -0.1) is 0 Å². The molecule has 8 nitrogen and oxygen atoms in total. The Hall–Kier alpha value is -2.77. The van der Waals surface area contributed by atoms with Gasteiger partial charge in [0.2, 0.25) is 0 Å². The molecule has 0 radical (unpaired) electrons. The molecular weight excluding hydrogens is 308 g/mol. The summed E-state index contributed by atoms with van der Waals surface area (Å²) in [6, 6.07) is 2.05. The molecule has 2 aromatic heterocycles. The fourth-order valence-electron chi connectivity index (χ4n) is 2.65. The summed E-state index contributed by atoms with van der Waals surface area (Å²) in [5.41, 5.74) is 7.48. The van der Waals surface area contributed by atoms with E-state index in [0.717, 1.165) is 30.8 Å². The maximum atomic E-state index is 12.2. The minimum absolute atomic E-state index is 0.0368. The standard InChI is InChI=1S/C16H20N6O2/c1-10-5-11(2)22(21-10)9-16(3-4-16)8-20-15(24)13-7-18-12(6-19-13)14(17)23/h5-7H,3-4,8-9H2,1-2H3,(H2,17,23)(H,20,24). The van der Waals surface area contributed by atoms with Gasteiger partial charge >= 0.3 is 0 Å². The van der Waals surface area contributed by atoms with Crippen molar-refractivity contribution in [2.45, 2.75) is 33.2 Å². The number of aryl methyl sites for hydroxylation is 2. The van der Waals surface area contributed by atoms with Crippen LogP contribution in [0.5, 0.6) is 0 Å². The highest BCUT2D eigenvalue weighted by molar-refractivity contribution is 5.93. The Labute approximate surface area is 139 Å². The zero-order valence-electron chi connectivity index (χ0n) is 13.7. The Morgan fingerprint density at radius 1 is 1.25 bits per heavy atom. The van der Waals surface area contributed by atoms with E-state index in [9.17, 15) is 9.59 Å². The summed E-state index contributed by atoms with van der Waals surface area (Å²) in [5.74, 6) is -0.977. The van der Waals surface area contributed by atoms with Crippen LogP contribution >= 0.6 is 0 Å². The average Bonchev–Trinajstić information content (AvgIpc) is 3.24. The summed E-state index contributed by atoms with van der Waals surface area (Å²) < 4.78 is 2.00. The van der Waals surface area contributed by atoms with Gasteiger partial charge in [0.15, 0.2) is 0 Å². The molecule has 1 aliphatic carbocycles. The van der Waals surface area contributed by atoms with Gasteiger partial charge < -0.3 is 11.1 Å². The third-order valence-electron chi connectivity index (χ3n) is 4.31. The van der Waals surface area contributed by atoms with E-state index in [1.807, 2.05) is 24.6 Å². The van der Waals surface area contributed by atoms with E-state index in [0.29, 0.717) is 6.54 Å². The predicted molar refractivity (Wildman–Crippen MR) is 86.3 cm³/mol. The van der Waals surface area contributed by atoms with E-state index < -0.39 is 5.91 Å². The Kier molecular flexibility index (Phi) is 4.04. The Bertz CT molecular complexity index is 776. The molecule has 0 unspecified atom stereocenters. The lowest BCUT2D eigenvalue weighted by Gasteiger charge is -2.17. The number of nitrogens with zero attached hydrogens (tertiary/aromatic N) is 4. The number of carbonyl (C=O) groups is 2. The van der Waals surface area contributed by atoms with Gasteiger partial charge in [0.25, 0.3) is 11.8 Å². The summed E-state index contributed by atoms with van der Waals surface area (Å²) in [6.45, 7) is 5.35. The van der Waals surface area contributed by atoms with E-state index in [1.54, 1.807) is 0 Å². The average molecular weight is 328 g/mol. The third kappa shape index (κ3) is 3.42. The van der Waals surface area contributed by atoms with Crippen molar-refractivity contribution in [2.75, 3.05) is 6.54 Å². The summed E-state index contributed by atoms with van der Waals surface area (Å²) in [6.07, 6.45) is 4.58. The molecule has 0 atom stereocenters. The minimum Gasteiger partial charge on any atom is -0.364 e. The van der Waals surface area contributed by atoms with E-state index in [1.165, 1.54) is 12.4 Å². The van der Waals surface area contributed by atoms with Gasteiger partial charge in [0.1, 0.15) is 11.4 Å². The van der Waals surface area contributed by atoms with Crippen molar-refractivity contribution in [3.8, 4) is 0 Å². The number of aromatic nitrogens is 4. The Morgan fingerprint density at radius 2 is 1.92 bits per heavy atom. The van der Waals surface area contributed by atoms with Gasteiger partial charge in [-0.3, -0.25) is 14.3 Å². The first-order valence-corrected chi connectivity index (χ1v) is 7.80. The fourth-order valence-corrected chi connectivity index (χ4v) is 2.65. The summed E-state index contributed by atoms with van der Waals surface area (Å²) in [5, 5.41) is 7.38. The largest absolute Gasteiger partial charge is 0.364 e. The second kappa shape index (κ2) is 6.03. The van der Waals surface area contributed by atoms with Gasteiger partial charge in [-0.25, -0.2) is 9.97 Å². The van der Waals surface area contributed by atoms with Crippen LogP contribution in [0.4, 0.5) is 0 Å². The van der Waals surface area contributed by atoms with Crippen LogP contribution in [0.3, 0.4) is 0 Å². The maximum Gasteiger partial charge on any atom is 0.271 e. The molecule has 1 aliphatic rings. The lowest BCUT2D eigenvalue weighted by molar-refractivity contribution is 0.0933. The van der Waals surface area contributed by atoms with E-state index in [2.05, 4.69) is 20.4 Å². The molecule has 2 aromatic rings. The molecule has 0 aromatic carbocycles.